The monoisotopic (exact) mass is 472 g/mol. The number of aryl methyl sites for hydroxylation is 1. The van der Waals surface area contributed by atoms with Crippen molar-refractivity contribution in [1.29, 1.82) is 0 Å². The Morgan fingerprint density at radius 3 is 2.66 bits per heavy atom. The van der Waals surface area contributed by atoms with Crippen LogP contribution in [0.2, 0.25) is 0 Å². The summed E-state index contributed by atoms with van der Waals surface area (Å²) < 4.78 is 7.96. The van der Waals surface area contributed by atoms with E-state index in [0.29, 0.717) is 39.3 Å². The zero-order chi connectivity index (χ0) is 23.2. The highest BCUT2D eigenvalue weighted by molar-refractivity contribution is 8.26. The van der Waals surface area contributed by atoms with Crippen molar-refractivity contribution in [2.75, 3.05) is 18.0 Å². The molecule has 4 rings (SSSR count). The van der Waals surface area contributed by atoms with Crippen molar-refractivity contribution in [3.05, 3.63) is 44.7 Å². The molecule has 0 unspecified atom stereocenters. The summed E-state index contributed by atoms with van der Waals surface area (Å²) in [5, 5.41) is 0. The molecular weight excluding hydrogens is 444 g/mol. The van der Waals surface area contributed by atoms with Crippen LogP contribution in [0.25, 0.3) is 11.7 Å². The Bertz CT molecular complexity index is 1170. The number of hydrogen-bond acceptors (Lipinski definition) is 7. The number of nitrogens with zero attached hydrogens (tertiary/aromatic N) is 4. The quantitative estimate of drug-likeness (QED) is 0.497. The predicted molar refractivity (Wildman–Crippen MR) is 133 cm³/mol. The van der Waals surface area contributed by atoms with Gasteiger partial charge >= 0.3 is 0 Å². The summed E-state index contributed by atoms with van der Waals surface area (Å²) in [6.45, 7) is 11.2. The molecule has 2 fully saturated rings. The lowest BCUT2D eigenvalue weighted by Crippen LogP contribution is -2.46. The Labute approximate surface area is 197 Å². The number of thiocarbonyl (C=S) groups is 1. The average molecular weight is 473 g/mol. The molecule has 2 aliphatic rings. The fraction of sp³-hybridized carbons (Fsp3) is 0.478. The van der Waals surface area contributed by atoms with Gasteiger partial charge in [-0.15, -0.1) is 0 Å². The second-order valence-electron chi connectivity index (χ2n) is 8.51. The summed E-state index contributed by atoms with van der Waals surface area (Å²) in [5.41, 5.74) is 1.73. The zero-order valence-electron chi connectivity index (χ0n) is 19.0. The Balaban J connectivity index is 1.89. The summed E-state index contributed by atoms with van der Waals surface area (Å²) >= 11 is 6.71. The van der Waals surface area contributed by atoms with E-state index in [0.717, 1.165) is 12.0 Å². The molecule has 0 aromatic carbocycles. The van der Waals surface area contributed by atoms with Gasteiger partial charge in [-0.2, -0.15) is 0 Å². The SMILES string of the molecule is CC[C@H](C)N1C(=O)/C(=C\c2c(N3C[C@@H](C)O[C@H](C)C3)nc3c(C)cccn3c2=O)SC1=S. The molecule has 0 radical (unpaired) electrons. The number of aromatic nitrogens is 2. The minimum Gasteiger partial charge on any atom is -0.372 e. The molecule has 9 heteroatoms. The summed E-state index contributed by atoms with van der Waals surface area (Å²) in [7, 11) is 0. The van der Waals surface area contributed by atoms with E-state index in [1.54, 1.807) is 21.6 Å². The largest absolute Gasteiger partial charge is 0.372 e. The average Bonchev–Trinajstić information content (AvgIpc) is 3.02. The van der Waals surface area contributed by atoms with Crippen LogP contribution < -0.4 is 10.5 Å². The number of thioether (sulfide) groups is 1. The molecule has 2 aromatic rings. The fourth-order valence-electron chi connectivity index (χ4n) is 4.19. The van der Waals surface area contributed by atoms with Crippen LogP contribution in [0.5, 0.6) is 0 Å². The number of pyridine rings is 1. The summed E-state index contributed by atoms with van der Waals surface area (Å²) in [5.74, 6) is 0.429. The lowest BCUT2D eigenvalue weighted by Gasteiger charge is -2.36. The first-order valence-corrected chi connectivity index (χ1v) is 12.1. The lowest BCUT2D eigenvalue weighted by molar-refractivity contribution is -0.123. The summed E-state index contributed by atoms with van der Waals surface area (Å²) in [4.78, 5) is 35.8. The molecule has 32 heavy (non-hydrogen) atoms. The Morgan fingerprint density at radius 1 is 1.31 bits per heavy atom. The van der Waals surface area contributed by atoms with E-state index in [4.69, 9.17) is 21.9 Å². The number of anilines is 1. The number of fused-ring (bicyclic) bond motifs is 1. The van der Waals surface area contributed by atoms with E-state index in [1.165, 1.54) is 11.8 Å². The highest BCUT2D eigenvalue weighted by Gasteiger charge is 2.35. The second-order valence-corrected chi connectivity index (χ2v) is 10.2. The number of ether oxygens (including phenoxy) is 1. The van der Waals surface area contributed by atoms with Gasteiger partial charge in [-0.3, -0.25) is 18.9 Å². The maximum absolute atomic E-state index is 13.6. The molecule has 7 nitrogen and oxygen atoms in total. The number of carbonyl (C=O) groups excluding carboxylic acids is 1. The lowest BCUT2D eigenvalue weighted by atomic mass is 10.1. The first kappa shape index (κ1) is 22.9. The maximum atomic E-state index is 13.6. The van der Waals surface area contributed by atoms with Crippen LogP contribution in [0.3, 0.4) is 0 Å². The summed E-state index contributed by atoms with van der Waals surface area (Å²) in [6.07, 6.45) is 4.20. The molecule has 4 heterocycles. The van der Waals surface area contributed by atoms with Crippen LogP contribution in [0, 0.1) is 6.92 Å². The van der Waals surface area contributed by atoms with E-state index in [-0.39, 0.29) is 29.7 Å². The third kappa shape index (κ3) is 4.09. The highest BCUT2D eigenvalue weighted by atomic mass is 32.2. The highest BCUT2D eigenvalue weighted by Crippen LogP contribution is 2.35. The molecule has 0 saturated carbocycles. The van der Waals surface area contributed by atoms with Crippen molar-refractivity contribution in [1.82, 2.24) is 14.3 Å². The van der Waals surface area contributed by atoms with Crippen LogP contribution in [0.1, 0.15) is 45.2 Å². The van der Waals surface area contributed by atoms with Gasteiger partial charge in [-0.05, 0) is 51.8 Å². The van der Waals surface area contributed by atoms with Crippen LogP contribution in [0.15, 0.2) is 28.0 Å². The molecular formula is C23H28N4O3S2. The summed E-state index contributed by atoms with van der Waals surface area (Å²) in [6, 6.07) is 3.77. The molecule has 3 atom stereocenters. The van der Waals surface area contributed by atoms with E-state index in [2.05, 4.69) is 4.90 Å². The van der Waals surface area contributed by atoms with Crippen LogP contribution >= 0.6 is 24.0 Å². The maximum Gasteiger partial charge on any atom is 0.267 e. The molecule has 2 aliphatic heterocycles. The van der Waals surface area contributed by atoms with Gasteiger partial charge in [0.25, 0.3) is 11.5 Å². The molecule has 170 valence electrons. The van der Waals surface area contributed by atoms with Gasteiger partial charge in [0.1, 0.15) is 15.8 Å². The molecule has 0 N–H and O–H groups in total. The van der Waals surface area contributed by atoms with Crippen molar-refractivity contribution >= 4 is 51.7 Å². The third-order valence-corrected chi connectivity index (χ3v) is 7.24. The molecule has 0 spiro atoms. The first-order valence-electron chi connectivity index (χ1n) is 10.9. The predicted octanol–water partition coefficient (Wildman–Crippen LogP) is 3.62. The van der Waals surface area contributed by atoms with Gasteiger partial charge in [-0.1, -0.05) is 37.0 Å². The van der Waals surface area contributed by atoms with Crippen LogP contribution in [0.4, 0.5) is 5.82 Å². The first-order chi connectivity index (χ1) is 15.2. The standard InChI is InChI=1S/C23H28N4O3S2/c1-6-14(3)27-22(29)18(32-23(27)31)10-17-20(25-11-15(4)30-16(5)12-25)24-19-13(2)8-7-9-26(19)21(17)28/h7-10,14-16H,6,11-12H2,1-5H3/b18-10+/t14-,15+,16+/m0/s1. The van der Waals surface area contributed by atoms with Gasteiger partial charge < -0.3 is 9.64 Å². The van der Waals surface area contributed by atoms with Gasteiger partial charge in [0.05, 0.1) is 22.7 Å². The van der Waals surface area contributed by atoms with Crippen molar-refractivity contribution in [2.45, 2.75) is 59.3 Å². The van der Waals surface area contributed by atoms with E-state index >= 15 is 0 Å². The molecule has 1 amide bonds. The van der Waals surface area contributed by atoms with E-state index in [1.807, 2.05) is 46.8 Å². The molecule has 0 bridgehead atoms. The minimum absolute atomic E-state index is 0.00675. The van der Waals surface area contributed by atoms with Crippen molar-refractivity contribution in [2.24, 2.45) is 0 Å². The number of morpholine rings is 1. The van der Waals surface area contributed by atoms with Crippen molar-refractivity contribution in [3.8, 4) is 0 Å². The van der Waals surface area contributed by atoms with Gasteiger partial charge in [0.15, 0.2) is 0 Å². The molecule has 2 saturated heterocycles. The minimum atomic E-state index is -0.200. The number of carbonyl (C=O) groups is 1. The fourth-order valence-corrected chi connectivity index (χ4v) is 5.64. The topological polar surface area (TPSA) is 67.2 Å². The van der Waals surface area contributed by atoms with Gasteiger partial charge in [-0.25, -0.2) is 4.98 Å². The third-order valence-electron chi connectivity index (χ3n) is 5.91. The van der Waals surface area contributed by atoms with E-state index in [9.17, 15) is 9.59 Å². The van der Waals surface area contributed by atoms with Crippen LogP contribution in [-0.2, 0) is 9.53 Å². The van der Waals surface area contributed by atoms with Crippen LogP contribution in [-0.4, -0.2) is 55.9 Å². The molecule has 2 aromatic heterocycles. The number of rotatable bonds is 4. The Hall–Kier alpha value is -2.23. The van der Waals surface area contributed by atoms with Gasteiger partial charge in [0, 0.05) is 25.3 Å². The van der Waals surface area contributed by atoms with Crippen molar-refractivity contribution < 1.29 is 9.53 Å². The number of hydrogen-bond donors (Lipinski definition) is 0. The normalized spacial score (nSPS) is 24.1. The van der Waals surface area contributed by atoms with E-state index < -0.39 is 0 Å². The Morgan fingerprint density at radius 2 is 2.00 bits per heavy atom. The number of amides is 1. The Kier molecular flexibility index (Phi) is 6.42. The van der Waals surface area contributed by atoms with Crippen molar-refractivity contribution in [3.63, 3.8) is 0 Å². The van der Waals surface area contributed by atoms with Gasteiger partial charge in [0.2, 0.25) is 0 Å². The molecule has 0 aliphatic carbocycles. The smallest absolute Gasteiger partial charge is 0.267 e. The second kappa shape index (κ2) is 8.96. The zero-order valence-corrected chi connectivity index (χ0v) is 20.6.